The van der Waals surface area contributed by atoms with Crippen LogP contribution in [0.15, 0.2) is 20.6 Å². The maximum atomic E-state index is 5.30. The number of nitrogens with two attached hydrogens (primary N) is 3. The lowest BCUT2D eigenvalue weighted by Crippen LogP contribution is -2.26. The van der Waals surface area contributed by atoms with E-state index < -0.39 is 0 Å². The van der Waals surface area contributed by atoms with Crippen LogP contribution in [0.5, 0.6) is 0 Å². The van der Waals surface area contributed by atoms with Crippen LogP contribution in [-0.2, 0) is 0 Å². The van der Waals surface area contributed by atoms with E-state index in [0.717, 1.165) is 0 Å². The van der Waals surface area contributed by atoms with Gasteiger partial charge < -0.3 is 17.2 Å². The monoisotopic (exact) mass is 209 g/mol. The molecule has 0 bridgehead atoms. The molecular weight excluding hydrogens is 201 g/mol. The maximum absolute atomic E-state index is 5.30. The molecule has 0 spiro atoms. The van der Waals surface area contributed by atoms with Gasteiger partial charge in [0, 0.05) is 0 Å². The molecule has 0 aliphatic heterocycles. The molecule has 0 aliphatic rings. The molecule has 12 heavy (non-hydrogen) atoms. The SMILES string of the molecule is NC(N)=NC(N)=NCC=C(Cl)Cl. The van der Waals surface area contributed by atoms with Crippen LogP contribution in [0.2, 0.25) is 0 Å². The van der Waals surface area contributed by atoms with Crippen LogP contribution in [0.25, 0.3) is 0 Å². The Morgan fingerprint density at radius 1 is 1.25 bits per heavy atom. The fourth-order valence-electron chi connectivity index (χ4n) is 0.376. The van der Waals surface area contributed by atoms with Gasteiger partial charge in [0.05, 0.1) is 6.54 Å². The van der Waals surface area contributed by atoms with E-state index in [1.807, 2.05) is 0 Å². The minimum absolute atomic E-state index is 0.0131. The summed E-state index contributed by atoms with van der Waals surface area (Å²) in [5, 5.41) is 0. The zero-order valence-corrected chi connectivity index (χ0v) is 7.68. The Morgan fingerprint density at radius 3 is 2.25 bits per heavy atom. The van der Waals surface area contributed by atoms with E-state index in [1.54, 1.807) is 0 Å². The van der Waals surface area contributed by atoms with Crippen molar-refractivity contribution in [1.29, 1.82) is 0 Å². The van der Waals surface area contributed by atoms with Crippen molar-refractivity contribution in [2.24, 2.45) is 27.2 Å². The first-order valence-corrected chi connectivity index (χ1v) is 3.68. The molecule has 0 aromatic carbocycles. The summed E-state index contributed by atoms with van der Waals surface area (Å²) in [7, 11) is 0. The lowest BCUT2D eigenvalue weighted by atomic mass is 10.6. The Bertz CT molecular complexity index is 224. The van der Waals surface area contributed by atoms with Gasteiger partial charge in [-0.3, -0.25) is 0 Å². The number of nitrogens with zero attached hydrogens (tertiary/aromatic N) is 2. The van der Waals surface area contributed by atoms with Gasteiger partial charge >= 0.3 is 0 Å². The molecule has 0 saturated carbocycles. The molecule has 0 radical (unpaired) electrons. The Kier molecular flexibility index (Phi) is 5.23. The van der Waals surface area contributed by atoms with Gasteiger partial charge in [0.2, 0.25) is 5.96 Å². The maximum Gasteiger partial charge on any atom is 0.218 e. The minimum atomic E-state index is -0.141. The molecule has 68 valence electrons. The average Bonchev–Trinajstić information content (AvgIpc) is 1.84. The Hall–Kier alpha value is -0.940. The molecule has 0 saturated heterocycles. The molecule has 0 atom stereocenters. The highest BCUT2D eigenvalue weighted by Gasteiger charge is 1.87. The van der Waals surface area contributed by atoms with Crippen LogP contribution in [0.4, 0.5) is 0 Å². The van der Waals surface area contributed by atoms with E-state index in [4.69, 9.17) is 40.4 Å². The fraction of sp³-hybridized carbons (Fsp3) is 0.200. The lowest BCUT2D eigenvalue weighted by Gasteiger charge is -1.91. The summed E-state index contributed by atoms with van der Waals surface area (Å²) in [6.45, 7) is 0.241. The van der Waals surface area contributed by atoms with Crippen molar-refractivity contribution in [3.05, 3.63) is 10.6 Å². The summed E-state index contributed by atoms with van der Waals surface area (Å²) in [6, 6.07) is 0. The second kappa shape index (κ2) is 5.68. The summed E-state index contributed by atoms with van der Waals surface area (Å²) in [6.07, 6.45) is 1.46. The van der Waals surface area contributed by atoms with Gasteiger partial charge in [-0.15, -0.1) is 0 Å². The van der Waals surface area contributed by atoms with Crippen molar-refractivity contribution in [1.82, 2.24) is 0 Å². The lowest BCUT2D eigenvalue weighted by molar-refractivity contribution is 1.21. The van der Waals surface area contributed by atoms with E-state index >= 15 is 0 Å². The molecule has 0 unspecified atom stereocenters. The van der Waals surface area contributed by atoms with Crippen LogP contribution in [-0.4, -0.2) is 18.5 Å². The van der Waals surface area contributed by atoms with Crippen LogP contribution in [0, 0.1) is 0 Å². The molecule has 0 aromatic heterocycles. The van der Waals surface area contributed by atoms with Crippen molar-refractivity contribution in [3.8, 4) is 0 Å². The summed E-state index contributed by atoms with van der Waals surface area (Å²) < 4.78 is 0.122. The number of hydrogen-bond acceptors (Lipinski definition) is 1. The molecule has 0 amide bonds. The van der Waals surface area contributed by atoms with Crippen LogP contribution >= 0.6 is 23.2 Å². The molecule has 5 nitrogen and oxygen atoms in total. The largest absolute Gasteiger partial charge is 0.370 e. The number of rotatable bonds is 2. The second-order valence-corrected chi connectivity index (χ2v) is 2.74. The number of hydrogen-bond donors (Lipinski definition) is 3. The van der Waals surface area contributed by atoms with Gasteiger partial charge in [0.15, 0.2) is 5.96 Å². The summed E-state index contributed by atoms with van der Waals surface area (Å²) in [5.41, 5.74) is 15.3. The average molecular weight is 210 g/mol. The van der Waals surface area contributed by atoms with E-state index in [0.29, 0.717) is 0 Å². The third-order valence-electron chi connectivity index (χ3n) is 0.743. The predicted octanol–water partition coefficient (Wildman–Crippen LogP) is -0.106. The van der Waals surface area contributed by atoms with Gasteiger partial charge in [0.1, 0.15) is 4.49 Å². The highest BCUT2D eigenvalue weighted by Crippen LogP contribution is 2.04. The standard InChI is InChI=1S/C5H9Cl2N5/c6-3(7)1-2-11-5(10)12-4(8)9/h1H,2H2,(H6,8,9,10,11,12). The number of guanidine groups is 2. The van der Waals surface area contributed by atoms with Gasteiger partial charge in [-0.25, -0.2) is 4.99 Å². The first-order valence-electron chi connectivity index (χ1n) is 2.93. The van der Waals surface area contributed by atoms with Crippen molar-refractivity contribution in [2.45, 2.75) is 0 Å². The van der Waals surface area contributed by atoms with Gasteiger partial charge in [-0.05, 0) is 6.08 Å². The topological polar surface area (TPSA) is 103 Å². The van der Waals surface area contributed by atoms with Crippen molar-refractivity contribution >= 4 is 35.1 Å². The minimum Gasteiger partial charge on any atom is -0.370 e. The predicted molar refractivity (Wildman–Crippen MR) is 52.1 cm³/mol. The normalized spacial score (nSPS) is 10.7. The Labute approximate surface area is 79.9 Å². The fourth-order valence-corrected chi connectivity index (χ4v) is 0.514. The first-order chi connectivity index (χ1) is 5.52. The molecule has 0 fully saturated rings. The molecule has 0 rings (SSSR count). The van der Waals surface area contributed by atoms with Gasteiger partial charge in [-0.1, -0.05) is 23.2 Å². The van der Waals surface area contributed by atoms with E-state index in [9.17, 15) is 0 Å². The van der Waals surface area contributed by atoms with E-state index in [-0.39, 0.29) is 23.0 Å². The van der Waals surface area contributed by atoms with E-state index in [2.05, 4.69) is 9.98 Å². The molecule has 0 aliphatic carbocycles. The first kappa shape index (κ1) is 11.1. The molecule has 0 heterocycles. The molecular formula is C5H9Cl2N5. The molecule has 0 aromatic rings. The van der Waals surface area contributed by atoms with Crippen molar-refractivity contribution in [2.75, 3.05) is 6.54 Å². The summed E-state index contributed by atoms with van der Waals surface area (Å²) >= 11 is 10.6. The molecule has 7 heteroatoms. The zero-order valence-electron chi connectivity index (χ0n) is 6.17. The number of halogens is 2. The third-order valence-corrected chi connectivity index (χ3v) is 1.05. The second-order valence-electron chi connectivity index (χ2n) is 1.73. The Balaban J connectivity index is 4.03. The van der Waals surface area contributed by atoms with Gasteiger partial charge in [0.25, 0.3) is 0 Å². The Morgan fingerprint density at radius 2 is 1.83 bits per heavy atom. The summed E-state index contributed by atoms with van der Waals surface area (Å²) in [4.78, 5) is 7.16. The van der Waals surface area contributed by atoms with Crippen LogP contribution in [0.1, 0.15) is 0 Å². The quantitative estimate of drug-likeness (QED) is 0.437. The number of aliphatic imine (C=N–C) groups is 2. The van der Waals surface area contributed by atoms with E-state index in [1.165, 1.54) is 6.08 Å². The van der Waals surface area contributed by atoms with Crippen LogP contribution < -0.4 is 17.2 Å². The van der Waals surface area contributed by atoms with Gasteiger partial charge in [-0.2, -0.15) is 4.99 Å². The summed E-state index contributed by atoms with van der Waals surface area (Å²) in [5.74, 6) is -0.155. The highest BCUT2D eigenvalue weighted by molar-refractivity contribution is 6.55. The zero-order chi connectivity index (χ0) is 9.56. The smallest absolute Gasteiger partial charge is 0.218 e. The van der Waals surface area contributed by atoms with Crippen molar-refractivity contribution < 1.29 is 0 Å². The van der Waals surface area contributed by atoms with Crippen molar-refractivity contribution in [3.63, 3.8) is 0 Å². The van der Waals surface area contributed by atoms with Crippen LogP contribution in [0.3, 0.4) is 0 Å². The molecule has 6 N–H and O–H groups in total. The highest BCUT2D eigenvalue weighted by atomic mass is 35.5. The third kappa shape index (κ3) is 7.17.